The number of nitrogens with zero attached hydrogens (tertiary/aromatic N) is 2. The van der Waals surface area contributed by atoms with Crippen molar-refractivity contribution in [3.63, 3.8) is 0 Å². The average Bonchev–Trinajstić information content (AvgIpc) is 2.93. The number of rotatable bonds is 4. The number of hydrogen-bond acceptors (Lipinski definition) is 6. The predicted octanol–water partition coefficient (Wildman–Crippen LogP) is 3.34. The van der Waals surface area contributed by atoms with Crippen LogP contribution < -0.4 is 11.0 Å². The zero-order chi connectivity index (χ0) is 18.4. The Kier molecular flexibility index (Phi) is 4.80. The van der Waals surface area contributed by atoms with Gasteiger partial charge in [-0.15, -0.1) is 5.23 Å². The number of hydrogen-bond donors (Lipinski definition) is 3. The van der Waals surface area contributed by atoms with Crippen molar-refractivity contribution in [2.45, 2.75) is 11.4 Å². The van der Waals surface area contributed by atoms with Gasteiger partial charge in [0.25, 0.3) is 10.0 Å². The molecule has 0 aliphatic heterocycles. The summed E-state index contributed by atoms with van der Waals surface area (Å²) in [4.78, 5) is -0.150. The van der Waals surface area contributed by atoms with Gasteiger partial charge in [-0.25, -0.2) is 12.4 Å². The number of halogens is 2. The van der Waals surface area contributed by atoms with Crippen molar-refractivity contribution in [1.29, 1.82) is 0 Å². The average molecular weight is 447 g/mol. The van der Waals surface area contributed by atoms with Crippen LogP contribution in [0.1, 0.15) is 5.56 Å². The van der Waals surface area contributed by atoms with Crippen molar-refractivity contribution in [2.24, 2.45) is 5.73 Å². The van der Waals surface area contributed by atoms with Gasteiger partial charge in [0, 0.05) is 22.6 Å². The highest BCUT2D eigenvalue weighted by molar-refractivity contribution is 9.10. The summed E-state index contributed by atoms with van der Waals surface area (Å²) < 4.78 is 28.0. The van der Waals surface area contributed by atoms with Gasteiger partial charge in [-0.2, -0.15) is 0 Å². The maximum absolute atomic E-state index is 13.0. The minimum atomic E-state index is -4.00. The molecule has 0 bridgehead atoms. The van der Waals surface area contributed by atoms with Gasteiger partial charge in [-0.3, -0.25) is 10.4 Å². The van der Waals surface area contributed by atoms with E-state index in [1.165, 1.54) is 18.3 Å². The van der Waals surface area contributed by atoms with Crippen LogP contribution in [0, 0.1) is 0 Å². The third-order valence-corrected chi connectivity index (χ3v) is 6.21. The number of benzene rings is 2. The monoisotopic (exact) mass is 445 g/mol. The van der Waals surface area contributed by atoms with Crippen molar-refractivity contribution < 1.29 is 18.8 Å². The highest BCUT2D eigenvalue weighted by Crippen LogP contribution is 2.31. The maximum Gasteiger partial charge on any atom is 0.268 e. The Morgan fingerprint density at radius 3 is 2.56 bits per heavy atom. The number of fused-ring (bicyclic) bond motifs is 1. The van der Waals surface area contributed by atoms with Gasteiger partial charge >= 0.3 is 0 Å². The second-order valence-electron chi connectivity index (χ2n) is 5.22. The molecule has 1 aromatic heterocycles. The molecular weight excluding hydrogens is 434 g/mol. The van der Waals surface area contributed by atoms with Crippen LogP contribution in [0.15, 0.2) is 52.0 Å². The van der Waals surface area contributed by atoms with Gasteiger partial charge in [-0.05, 0) is 42.0 Å². The maximum atomic E-state index is 13.0. The lowest BCUT2D eigenvalue weighted by Crippen LogP contribution is -2.15. The normalized spacial score (nSPS) is 11.9. The fourth-order valence-corrected chi connectivity index (χ4v) is 4.49. The highest BCUT2D eigenvalue weighted by Gasteiger charge is 2.23. The summed E-state index contributed by atoms with van der Waals surface area (Å²) in [7, 11) is -4.00. The minimum absolute atomic E-state index is 0.00658. The SMILES string of the molecule is NCc1cn(S(=O)(=O)c2ccc(Cl)c(N(O)O)c2)c2ccc(Br)cc12. The summed E-state index contributed by atoms with van der Waals surface area (Å²) in [5, 5.41) is 18.9. The van der Waals surface area contributed by atoms with Crippen molar-refractivity contribution >= 4 is 54.1 Å². The van der Waals surface area contributed by atoms with Crippen molar-refractivity contribution in [3.8, 4) is 0 Å². The predicted molar refractivity (Wildman–Crippen MR) is 97.6 cm³/mol. The summed E-state index contributed by atoms with van der Waals surface area (Å²) in [5.74, 6) is 0. The topological polar surface area (TPSA) is 109 Å². The van der Waals surface area contributed by atoms with Gasteiger partial charge in [0.05, 0.1) is 15.4 Å². The Labute approximate surface area is 156 Å². The van der Waals surface area contributed by atoms with Crippen LogP contribution in [0.3, 0.4) is 0 Å². The molecule has 7 nitrogen and oxygen atoms in total. The smallest absolute Gasteiger partial charge is 0.268 e. The van der Waals surface area contributed by atoms with E-state index in [0.717, 1.165) is 14.5 Å². The molecule has 0 radical (unpaired) electrons. The van der Waals surface area contributed by atoms with Gasteiger partial charge in [0.2, 0.25) is 0 Å². The number of anilines is 1. The first-order valence-corrected chi connectivity index (χ1v) is 9.59. The zero-order valence-corrected chi connectivity index (χ0v) is 15.8. The first kappa shape index (κ1) is 18.2. The summed E-state index contributed by atoms with van der Waals surface area (Å²) in [6.07, 6.45) is 1.45. The molecule has 4 N–H and O–H groups in total. The van der Waals surface area contributed by atoms with E-state index in [0.29, 0.717) is 16.5 Å². The molecule has 25 heavy (non-hydrogen) atoms. The second-order valence-corrected chi connectivity index (χ2v) is 8.36. The Balaban J connectivity index is 2.25. The number of nitrogens with two attached hydrogens (primary N) is 1. The van der Waals surface area contributed by atoms with Gasteiger partial charge < -0.3 is 5.73 Å². The number of aromatic nitrogens is 1. The lowest BCUT2D eigenvalue weighted by Gasteiger charge is -2.13. The molecule has 0 saturated heterocycles. The molecule has 0 aliphatic rings. The summed E-state index contributed by atoms with van der Waals surface area (Å²) in [6.45, 7) is 0.169. The van der Waals surface area contributed by atoms with Gasteiger partial charge in [-0.1, -0.05) is 27.5 Å². The molecule has 0 aliphatic carbocycles. The molecule has 0 atom stereocenters. The van der Waals surface area contributed by atoms with Crippen LogP contribution in [0.2, 0.25) is 5.02 Å². The van der Waals surface area contributed by atoms with Crippen molar-refractivity contribution in [2.75, 3.05) is 5.23 Å². The fourth-order valence-electron chi connectivity index (χ4n) is 2.52. The van der Waals surface area contributed by atoms with E-state index in [2.05, 4.69) is 15.9 Å². The van der Waals surface area contributed by atoms with Crippen LogP contribution in [-0.4, -0.2) is 22.8 Å². The largest absolute Gasteiger partial charge is 0.326 e. The van der Waals surface area contributed by atoms with Crippen LogP contribution in [0.25, 0.3) is 10.9 Å². The Hall–Kier alpha value is -1.62. The molecular formula is C15H13BrClN3O4S. The minimum Gasteiger partial charge on any atom is -0.326 e. The second kappa shape index (κ2) is 6.60. The van der Waals surface area contributed by atoms with E-state index in [1.54, 1.807) is 18.2 Å². The quantitative estimate of drug-likeness (QED) is 0.530. The lowest BCUT2D eigenvalue weighted by atomic mass is 10.2. The molecule has 2 aromatic carbocycles. The lowest BCUT2D eigenvalue weighted by molar-refractivity contribution is 0.0291. The Morgan fingerprint density at radius 1 is 1.20 bits per heavy atom. The molecule has 0 unspecified atom stereocenters. The summed E-state index contributed by atoms with van der Waals surface area (Å²) in [5.41, 5.74) is 6.61. The third-order valence-electron chi connectivity index (χ3n) is 3.72. The van der Waals surface area contributed by atoms with Crippen molar-refractivity contribution in [1.82, 2.24) is 3.97 Å². The summed E-state index contributed by atoms with van der Waals surface area (Å²) in [6, 6.07) is 8.82. The molecule has 10 heteroatoms. The molecule has 1 heterocycles. The summed E-state index contributed by atoms with van der Waals surface area (Å²) >= 11 is 9.20. The fraction of sp³-hybridized carbons (Fsp3) is 0.0667. The van der Waals surface area contributed by atoms with Crippen LogP contribution >= 0.6 is 27.5 Å². The van der Waals surface area contributed by atoms with E-state index >= 15 is 0 Å². The van der Waals surface area contributed by atoms with Crippen LogP contribution in [-0.2, 0) is 16.6 Å². The molecule has 0 spiro atoms. The molecule has 3 aromatic rings. The van der Waals surface area contributed by atoms with E-state index in [1.807, 2.05) is 0 Å². The van der Waals surface area contributed by atoms with E-state index < -0.39 is 10.0 Å². The molecule has 0 saturated carbocycles. The molecule has 132 valence electrons. The van der Waals surface area contributed by atoms with Crippen LogP contribution in [0.5, 0.6) is 0 Å². The Morgan fingerprint density at radius 2 is 1.92 bits per heavy atom. The Bertz CT molecular complexity index is 1070. The van der Waals surface area contributed by atoms with E-state index in [-0.39, 0.29) is 27.4 Å². The third kappa shape index (κ3) is 3.14. The van der Waals surface area contributed by atoms with Gasteiger partial charge in [0.1, 0.15) is 5.69 Å². The first-order chi connectivity index (χ1) is 11.8. The van der Waals surface area contributed by atoms with Gasteiger partial charge in [0.15, 0.2) is 0 Å². The zero-order valence-electron chi connectivity index (χ0n) is 12.6. The standard InChI is InChI=1S/C15H13BrClN3O4S/c16-10-1-4-14-12(5-10)9(7-18)8-19(14)25(23,24)11-2-3-13(17)15(6-11)20(21)22/h1-6,8,21-22H,7,18H2. The van der Waals surface area contributed by atoms with E-state index in [4.69, 9.17) is 17.3 Å². The molecule has 0 fully saturated rings. The van der Waals surface area contributed by atoms with E-state index in [9.17, 15) is 18.8 Å². The first-order valence-electron chi connectivity index (χ1n) is 6.98. The highest BCUT2D eigenvalue weighted by atomic mass is 79.9. The molecule has 0 amide bonds. The molecule has 3 rings (SSSR count). The van der Waals surface area contributed by atoms with Crippen molar-refractivity contribution in [3.05, 3.63) is 57.7 Å². The van der Waals surface area contributed by atoms with Crippen LogP contribution in [0.4, 0.5) is 5.69 Å².